The molecule has 0 radical (unpaired) electrons. The Bertz CT molecular complexity index is 1370. The normalized spacial score (nSPS) is 14.0. The van der Waals surface area contributed by atoms with E-state index in [9.17, 15) is 18.0 Å². The van der Waals surface area contributed by atoms with Gasteiger partial charge in [-0.25, -0.2) is 4.79 Å². The van der Waals surface area contributed by atoms with Crippen molar-refractivity contribution in [3.63, 3.8) is 0 Å². The lowest BCUT2D eigenvalue weighted by atomic mass is 10.2. The summed E-state index contributed by atoms with van der Waals surface area (Å²) >= 11 is 1.01. The van der Waals surface area contributed by atoms with E-state index in [1.54, 1.807) is 54.3 Å². The molecule has 0 spiro atoms. The number of sulfonamides is 1. The van der Waals surface area contributed by atoms with E-state index < -0.39 is 21.9 Å². The molecule has 0 fully saturated rings. The number of nitrogens with one attached hydrogen (secondary N) is 1. The van der Waals surface area contributed by atoms with Crippen molar-refractivity contribution in [1.29, 1.82) is 0 Å². The molecule has 0 saturated heterocycles. The van der Waals surface area contributed by atoms with Gasteiger partial charge in [0.2, 0.25) is 5.91 Å². The summed E-state index contributed by atoms with van der Waals surface area (Å²) in [6.07, 6.45) is 0. The second-order valence-electron chi connectivity index (χ2n) is 7.49. The van der Waals surface area contributed by atoms with E-state index in [4.69, 9.17) is 4.74 Å². The maximum atomic E-state index is 12.8. The molecule has 0 bridgehead atoms. The largest absolute Gasteiger partial charge is 0.462 e. The van der Waals surface area contributed by atoms with Crippen molar-refractivity contribution in [2.45, 2.75) is 18.4 Å². The number of amidine groups is 1. The van der Waals surface area contributed by atoms with E-state index in [0.717, 1.165) is 17.3 Å². The van der Waals surface area contributed by atoms with Gasteiger partial charge < -0.3 is 15.0 Å². The quantitative estimate of drug-likeness (QED) is 0.474. The molecule has 1 N–H and O–H groups in total. The zero-order valence-electron chi connectivity index (χ0n) is 18.9. The van der Waals surface area contributed by atoms with Crippen LogP contribution in [0.3, 0.4) is 0 Å². The van der Waals surface area contributed by atoms with Crippen LogP contribution in [-0.4, -0.2) is 37.8 Å². The third-order valence-electron chi connectivity index (χ3n) is 5.08. The molecular formula is C25H23N3O5S2. The molecule has 1 aliphatic heterocycles. The number of esters is 1. The van der Waals surface area contributed by atoms with Crippen LogP contribution in [0.15, 0.2) is 88.2 Å². The van der Waals surface area contributed by atoms with Crippen LogP contribution in [0, 0.1) is 0 Å². The lowest BCUT2D eigenvalue weighted by Gasteiger charge is -2.30. The van der Waals surface area contributed by atoms with Crippen molar-refractivity contribution in [3.8, 4) is 0 Å². The minimum atomic E-state index is -3.91. The number of carbonyl (C=O) groups excluding carboxylic acids is 2. The monoisotopic (exact) mass is 509 g/mol. The number of amides is 1. The van der Waals surface area contributed by atoms with E-state index in [1.165, 1.54) is 6.07 Å². The van der Waals surface area contributed by atoms with Crippen molar-refractivity contribution in [2.75, 3.05) is 22.6 Å². The maximum Gasteiger partial charge on any atom is 0.340 e. The predicted octanol–water partition coefficient (Wildman–Crippen LogP) is 4.30. The number of fused-ring (bicyclic) bond motifs is 1. The zero-order chi connectivity index (χ0) is 24.8. The zero-order valence-corrected chi connectivity index (χ0v) is 20.5. The fraction of sp³-hybridized carbons (Fsp3) is 0.160. The number of ether oxygens (including phenoxy) is 1. The number of anilines is 2. The molecule has 0 saturated carbocycles. The summed E-state index contributed by atoms with van der Waals surface area (Å²) in [6, 6.07) is 22.8. The van der Waals surface area contributed by atoms with Gasteiger partial charge in [-0.3, -0.25) is 4.79 Å². The molecule has 1 amide bonds. The summed E-state index contributed by atoms with van der Waals surface area (Å²) in [5.41, 5.74) is 2.02. The number of nitrogens with zero attached hydrogens (tertiary/aromatic N) is 2. The Kier molecular flexibility index (Phi) is 7.52. The SMILES string of the molecule is CCOC(=O)c1ccccc1NC(=O)CSC1=NS(=O)(=O)c2ccccc2N1Cc1ccccc1. The van der Waals surface area contributed by atoms with Gasteiger partial charge in [-0.15, -0.1) is 4.40 Å². The molecule has 0 aliphatic carbocycles. The average molecular weight is 510 g/mol. The Morgan fingerprint density at radius 3 is 2.43 bits per heavy atom. The van der Waals surface area contributed by atoms with E-state index in [1.807, 2.05) is 30.3 Å². The van der Waals surface area contributed by atoms with Crippen molar-refractivity contribution < 1.29 is 22.7 Å². The lowest BCUT2D eigenvalue weighted by molar-refractivity contribution is -0.113. The maximum absolute atomic E-state index is 12.8. The second-order valence-corrected chi connectivity index (χ2v) is 10.0. The van der Waals surface area contributed by atoms with E-state index in [-0.39, 0.29) is 28.0 Å². The molecule has 0 atom stereocenters. The topological polar surface area (TPSA) is 105 Å². The van der Waals surface area contributed by atoms with Crippen molar-refractivity contribution in [2.24, 2.45) is 4.40 Å². The van der Waals surface area contributed by atoms with Gasteiger partial charge in [-0.1, -0.05) is 66.4 Å². The molecule has 3 aromatic rings. The number of para-hydroxylation sites is 2. The molecule has 3 aromatic carbocycles. The first-order valence-electron chi connectivity index (χ1n) is 10.8. The van der Waals surface area contributed by atoms with Gasteiger partial charge in [0.25, 0.3) is 10.0 Å². The van der Waals surface area contributed by atoms with Crippen LogP contribution in [0.25, 0.3) is 0 Å². The fourth-order valence-corrected chi connectivity index (χ4v) is 5.77. The molecule has 1 heterocycles. The number of hydrogen-bond acceptors (Lipinski definition) is 7. The summed E-state index contributed by atoms with van der Waals surface area (Å²) < 4.78 is 34.7. The van der Waals surface area contributed by atoms with Crippen LogP contribution >= 0.6 is 11.8 Å². The molecule has 4 rings (SSSR count). The second kappa shape index (κ2) is 10.7. The highest BCUT2D eigenvalue weighted by Crippen LogP contribution is 2.35. The summed E-state index contributed by atoms with van der Waals surface area (Å²) in [6.45, 7) is 2.30. The van der Waals surface area contributed by atoms with Gasteiger partial charge in [0.1, 0.15) is 4.90 Å². The van der Waals surface area contributed by atoms with Crippen LogP contribution < -0.4 is 10.2 Å². The first-order valence-corrected chi connectivity index (χ1v) is 13.3. The molecule has 0 aromatic heterocycles. The first kappa shape index (κ1) is 24.5. The highest BCUT2D eigenvalue weighted by Gasteiger charge is 2.31. The Morgan fingerprint density at radius 1 is 0.971 bits per heavy atom. The Hall–Kier alpha value is -3.63. The van der Waals surface area contributed by atoms with Crippen LogP contribution in [0.4, 0.5) is 11.4 Å². The lowest BCUT2D eigenvalue weighted by Crippen LogP contribution is -2.34. The molecule has 1 aliphatic rings. The van der Waals surface area contributed by atoms with Gasteiger partial charge in [-0.2, -0.15) is 8.42 Å². The Balaban J connectivity index is 1.55. The van der Waals surface area contributed by atoms with E-state index in [2.05, 4.69) is 9.71 Å². The molecule has 35 heavy (non-hydrogen) atoms. The number of thioether (sulfide) groups is 1. The number of hydrogen-bond donors (Lipinski definition) is 1. The third kappa shape index (κ3) is 5.72. The van der Waals surface area contributed by atoms with Gasteiger partial charge in [0.15, 0.2) is 5.17 Å². The van der Waals surface area contributed by atoms with Gasteiger partial charge >= 0.3 is 5.97 Å². The fourth-order valence-electron chi connectivity index (χ4n) is 3.52. The van der Waals surface area contributed by atoms with Gasteiger partial charge in [-0.05, 0) is 36.8 Å². The Morgan fingerprint density at radius 2 is 1.66 bits per heavy atom. The van der Waals surface area contributed by atoms with E-state index in [0.29, 0.717) is 17.9 Å². The minimum Gasteiger partial charge on any atom is -0.462 e. The predicted molar refractivity (Wildman–Crippen MR) is 137 cm³/mol. The molecule has 10 heteroatoms. The van der Waals surface area contributed by atoms with Crippen molar-refractivity contribution in [3.05, 3.63) is 90.0 Å². The number of carbonyl (C=O) groups is 2. The van der Waals surface area contributed by atoms with Crippen LogP contribution in [0.2, 0.25) is 0 Å². The first-order chi connectivity index (χ1) is 16.9. The Labute approximate surface area is 208 Å². The average Bonchev–Trinajstić information content (AvgIpc) is 2.86. The highest BCUT2D eigenvalue weighted by atomic mass is 32.2. The van der Waals surface area contributed by atoms with Gasteiger partial charge in [0.05, 0.1) is 35.8 Å². The summed E-state index contributed by atoms with van der Waals surface area (Å²) in [5.74, 6) is -1.06. The van der Waals surface area contributed by atoms with Crippen LogP contribution in [0.1, 0.15) is 22.8 Å². The molecule has 0 unspecified atom stereocenters. The molecule has 180 valence electrons. The van der Waals surface area contributed by atoms with Crippen LogP contribution in [0.5, 0.6) is 0 Å². The summed E-state index contributed by atoms with van der Waals surface area (Å²) in [5, 5.41) is 2.91. The number of rotatable bonds is 7. The summed E-state index contributed by atoms with van der Waals surface area (Å²) in [4.78, 5) is 26.8. The van der Waals surface area contributed by atoms with E-state index >= 15 is 0 Å². The smallest absolute Gasteiger partial charge is 0.340 e. The minimum absolute atomic E-state index is 0.112. The van der Waals surface area contributed by atoms with Gasteiger partial charge in [0, 0.05) is 0 Å². The molecule has 8 nitrogen and oxygen atoms in total. The number of benzene rings is 3. The third-order valence-corrected chi connectivity index (χ3v) is 7.48. The highest BCUT2D eigenvalue weighted by molar-refractivity contribution is 8.15. The summed E-state index contributed by atoms with van der Waals surface area (Å²) in [7, 11) is -3.91. The van der Waals surface area contributed by atoms with Crippen LogP contribution in [-0.2, 0) is 26.1 Å². The standard InChI is InChI=1S/C25H23N3O5S2/c1-2-33-24(30)19-12-6-7-13-20(19)26-23(29)17-34-25-27-35(31,32)22-15-9-8-14-21(22)28(25)16-18-10-4-3-5-11-18/h3-15H,2,16-17H2,1H3,(H,26,29). The van der Waals surface area contributed by atoms with Crippen molar-refractivity contribution in [1.82, 2.24) is 0 Å². The molecular weight excluding hydrogens is 486 g/mol. The van der Waals surface area contributed by atoms with Crippen molar-refractivity contribution >= 4 is 50.2 Å².